The van der Waals surface area contributed by atoms with E-state index >= 15 is 0 Å². The molecule has 0 fully saturated rings. The van der Waals surface area contributed by atoms with Crippen LogP contribution in [0.15, 0.2) is 16.7 Å². The smallest absolute Gasteiger partial charge is 0.283 e. The lowest BCUT2D eigenvalue weighted by Crippen LogP contribution is -2.47. The summed E-state index contributed by atoms with van der Waals surface area (Å²) >= 11 is 3.05. The van der Waals surface area contributed by atoms with E-state index in [-0.39, 0.29) is 5.82 Å². The van der Waals surface area contributed by atoms with Crippen LogP contribution in [0, 0.1) is 5.82 Å². The third kappa shape index (κ3) is 1.18. The summed E-state index contributed by atoms with van der Waals surface area (Å²) in [5, 5.41) is 0. The average Bonchev–Trinajstić information content (AvgIpc) is 1.82. The number of hydrogen-bond donors (Lipinski definition) is 2. The van der Waals surface area contributed by atoms with Gasteiger partial charge in [-0.05, 0) is 15.9 Å². The van der Waals surface area contributed by atoms with E-state index in [1.807, 2.05) is 0 Å². The number of anilines is 1. The summed E-state index contributed by atoms with van der Waals surface area (Å²) in [4.78, 5) is 0. The Kier molecular flexibility index (Phi) is 1.76. The predicted octanol–water partition coefficient (Wildman–Crippen LogP) is 0.172. The number of hydrogen-bond acceptors (Lipinski definition) is 2. The average molecular weight is 207 g/mol. The molecule has 0 radical (unpaired) electrons. The Bertz CT molecular complexity index is 240. The number of halogens is 2. The van der Waals surface area contributed by atoms with Gasteiger partial charge < -0.3 is 0 Å². The monoisotopic (exact) mass is 206 g/mol. The topological polar surface area (TPSA) is 55.9 Å². The highest BCUT2D eigenvalue weighted by Crippen LogP contribution is 2.10. The van der Waals surface area contributed by atoms with Gasteiger partial charge in [0, 0.05) is 6.07 Å². The highest BCUT2D eigenvalue weighted by Gasteiger charge is 2.09. The number of nitrogens with zero attached hydrogens (tertiary/aromatic N) is 1. The van der Waals surface area contributed by atoms with Gasteiger partial charge in [0.1, 0.15) is 6.20 Å². The van der Waals surface area contributed by atoms with Gasteiger partial charge in [-0.25, -0.2) is 0 Å². The summed E-state index contributed by atoms with van der Waals surface area (Å²) in [7, 11) is 0. The van der Waals surface area contributed by atoms with Crippen LogP contribution in [0.5, 0.6) is 0 Å². The fourth-order valence-electron chi connectivity index (χ4n) is 0.558. The van der Waals surface area contributed by atoms with Crippen LogP contribution in [0.2, 0.25) is 0 Å². The standard InChI is InChI=1S/C5H5BrFN3/c6-3-1-4(7)5(8)10(9)2-3/h1-2,8H,9H2/p+1. The highest BCUT2D eigenvalue weighted by molar-refractivity contribution is 9.10. The van der Waals surface area contributed by atoms with Crippen LogP contribution in [0.25, 0.3) is 0 Å². The first-order valence-electron chi connectivity index (χ1n) is 2.52. The quantitative estimate of drug-likeness (QED) is 0.470. The van der Waals surface area contributed by atoms with E-state index in [0.717, 1.165) is 4.68 Å². The lowest BCUT2D eigenvalue weighted by Gasteiger charge is -1.95. The van der Waals surface area contributed by atoms with Crippen LogP contribution < -0.4 is 16.3 Å². The van der Waals surface area contributed by atoms with Crippen LogP contribution in [0.4, 0.5) is 10.2 Å². The molecule has 1 heterocycles. The minimum atomic E-state index is -0.531. The van der Waals surface area contributed by atoms with Crippen LogP contribution in [-0.2, 0) is 0 Å². The third-order valence-electron chi connectivity index (χ3n) is 1.05. The van der Waals surface area contributed by atoms with Gasteiger partial charge in [-0.3, -0.25) is 11.6 Å². The molecular weight excluding hydrogens is 201 g/mol. The molecule has 5 heteroatoms. The molecule has 0 amide bonds. The van der Waals surface area contributed by atoms with E-state index in [4.69, 9.17) is 11.6 Å². The van der Waals surface area contributed by atoms with Gasteiger partial charge in [0.15, 0.2) is 0 Å². The maximum atomic E-state index is 12.6. The molecule has 3 nitrogen and oxygen atoms in total. The molecule has 0 aliphatic heterocycles. The van der Waals surface area contributed by atoms with Crippen molar-refractivity contribution >= 4 is 21.7 Å². The number of pyridine rings is 1. The Morgan fingerprint density at radius 1 is 1.60 bits per heavy atom. The van der Waals surface area contributed by atoms with Gasteiger partial charge in [-0.2, -0.15) is 4.39 Å². The zero-order valence-corrected chi connectivity index (χ0v) is 6.60. The van der Waals surface area contributed by atoms with Crippen molar-refractivity contribution in [1.29, 1.82) is 0 Å². The molecule has 1 rings (SSSR count). The normalized spacial score (nSPS) is 9.80. The molecule has 0 atom stereocenters. The van der Waals surface area contributed by atoms with Crippen molar-refractivity contribution in [3.05, 3.63) is 22.6 Å². The van der Waals surface area contributed by atoms with Crippen molar-refractivity contribution in [2.75, 3.05) is 11.6 Å². The number of nitrogens with two attached hydrogens (primary N) is 2. The van der Waals surface area contributed by atoms with Gasteiger partial charge in [0.25, 0.3) is 0 Å². The Balaban J connectivity index is 3.31. The Morgan fingerprint density at radius 3 is 2.70 bits per heavy atom. The first kappa shape index (κ1) is 7.27. The predicted molar refractivity (Wildman–Crippen MR) is 38.9 cm³/mol. The van der Waals surface area contributed by atoms with E-state index in [2.05, 4.69) is 15.9 Å². The molecular formula is C5H6BrFN3+. The molecule has 0 aliphatic carbocycles. The minimum absolute atomic E-state index is 0.0804. The first-order valence-corrected chi connectivity index (χ1v) is 3.32. The Morgan fingerprint density at radius 2 is 2.20 bits per heavy atom. The third-order valence-corrected chi connectivity index (χ3v) is 1.48. The van der Waals surface area contributed by atoms with E-state index in [9.17, 15) is 4.39 Å². The molecule has 0 aliphatic rings. The summed E-state index contributed by atoms with van der Waals surface area (Å²) in [6, 6.07) is 1.25. The second-order valence-corrected chi connectivity index (χ2v) is 2.71. The molecule has 54 valence electrons. The van der Waals surface area contributed by atoms with Crippen molar-refractivity contribution in [1.82, 2.24) is 0 Å². The van der Waals surface area contributed by atoms with Crippen molar-refractivity contribution in [3.63, 3.8) is 0 Å². The molecule has 0 aromatic carbocycles. The van der Waals surface area contributed by atoms with E-state index in [0.29, 0.717) is 4.47 Å². The highest BCUT2D eigenvalue weighted by atomic mass is 79.9. The summed E-state index contributed by atoms with van der Waals surface area (Å²) in [5.41, 5.74) is 5.19. The van der Waals surface area contributed by atoms with Crippen LogP contribution >= 0.6 is 15.9 Å². The van der Waals surface area contributed by atoms with Crippen molar-refractivity contribution < 1.29 is 9.07 Å². The summed E-state index contributed by atoms with van der Waals surface area (Å²) in [6.07, 6.45) is 1.47. The van der Waals surface area contributed by atoms with E-state index in [1.165, 1.54) is 12.3 Å². The number of nitrogen functional groups attached to an aromatic ring is 2. The van der Waals surface area contributed by atoms with Gasteiger partial charge >= 0.3 is 5.82 Å². The lowest BCUT2D eigenvalue weighted by atomic mass is 10.4. The van der Waals surface area contributed by atoms with Crippen molar-refractivity contribution in [2.45, 2.75) is 0 Å². The van der Waals surface area contributed by atoms with E-state index in [1.54, 1.807) is 0 Å². The SMILES string of the molecule is Nc1c(F)cc(Br)c[n+]1N. The molecule has 0 bridgehead atoms. The number of aromatic nitrogens is 1. The summed E-state index contributed by atoms with van der Waals surface area (Å²) in [5.74, 6) is 4.63. The van der Waals surface area contributed by atoms with E-state index < -0.39 is 5.82 Å². The first-order chi connectivity index (χ1) is 4.61. The molecule has 0 unspecified atom stereocenters. The van der Waals surface area contributed by atoms with Crippen molar-refractivity contribution in [3.8, 4) is 0 Å². The molecule has 1 aromatic heterocycles. The van der Waals surface area contributed by atoms with Crippen LogP contribution in [0.1, 0.15) is 0 Å². The van der Waals surface area contributed by atoms with Gasteiger partial charge in [0.05, 0.1) is 4.47 Å². The Hall–Kier alpha value is -0.840. The number of rotatable bonds is 0. The molecule has 0 saturated heterocycles. The van der Waals surface area contributed by atoms with Gasteiger partial charge in [-0.1, -0.05) is 0 Å². The summed E-state index contributed by atoms with van der Waals surface area (Å²) in [6.45, 7) is 0. The second-order valence-electron chi connectivity index (χ2n) is 1.80. The molecule has 0 spiro atoms. The maximum absolute atomic E-state index is 12.6. The summed E-state index contributed by atoms with van der Waals surface area (Å²) < 4.78 is 14.2. The largest absolute Gasteiger partial charge is 0.332 e. The zero-order chi connectivity index (χ0) is 7.72. The molecule has 1 aromatic rings. The zero-order valence-electron chi connectivity index (χ0n) is 5.01. The van der Waals surface area contributed by atoms with Crippen LogP contribution in [0.3, 0.4) is 0 Å². The lowest BCUT2D eigenvalue weighted by molar-refractivity contribution is -0.625. The molecule has 10 heavy (non-hydrogen) atoms. The molecule has 4 N–H and O–H groups in total. The van der Waals surface area contributed by atoms with Crippen LogP contribution in [-0.4, -0.2) is 0 Å². The van der Waals surface area contributed by atoms with Crippen molar-refractivity contribution in [2.24, 2.45) is 0 Å². The van der Waals surface area contributed by atoms with Gasteiger partial charge in [-0.15, -0.1) is 4.68 Å². The Labute approximate surface area is 65.5 Å². The molecule has 0 saturated carbocycles. The minimum Gasteiger partial charge on any atom is -0.283 e. The second kappa shape index (κ2) is 2.42. The maximum Gasteiger partial charge on any atom is 0.332 e. The van der Waals surface area contributed by atoms with Gasteiger partial charge in [0.2, 0.25) is 5.82 Å². The fourth-order valence-corrected chi connectivity index (χ4v) is 0.980. The fraction of sp³-hybridized carbons (Fsp3) is 0.